The Hall–Kier alpha value is -2.15. The second-order valence-electron chi connectivity index (χ2n) is 8.56. The van der Waals surface area contributed by atoms with E-state index in [1.807, 2.05) is 49.4 Å². The van der Waals surface area contributed by atoms with Gasteiger partial charge < -0.3 is 24.8 Å². The van der Waals surface area contributed by atoms with Gasteiger partial charge in [-0.1, -0.05) is 43.4 Å². The van der Waals surface area contributed by atoms with Crippen molar-refractivity contribution in [2.24, 2.45) is 17.8 Å². The minimum Gasteiger partial charge on any atom is -0.491 e. The zero-order chi connectivity index (χ0) is 22.2. The molecule has 1 heterocycles. The molecule has 1 aromatic carbocycles. The number of aliphatic hydroxyl groups excluding tert-OH is 2. The molecule has 6 atom stereocenters. The third-order valence-electron chi connectivity index (χ3n) is 6.42. The fourth-order valence-corrected chi connectivity index (χ4v) is 4.60. The van der Waals surface area contributed by atoms with E-state index < -0.39 is 18.2 Å². The Morgan fingerprint density at radius 2 is 2.06 bits per heavy atom. The van der Waals surface area contributed by atoms with Crippen molar-refractivity contribution in [3.8, 4) is 5.75 Å². The van der Waals surface area contributed by atoms with Crippen LogP contribution in [0.4, 0.5) is 0 Å². The van der Waals surface area contributed by atoms with E-state index in [-0.39, 0.29) is 30.5 Å². The number of fused-ring (bicyclic) bond motifs is 1. The van der Waals surface area contributed by atoms with Crippen molar-refractivity contribution in [1.29, 1.82) is 0 Å². The van der Waals surface area contributed by atoms with Crippen LogP contribution in [-0.2, 0) is 9.53 Å². The maximum Gasteiger partial charge on any atom is 0.331 e. The quantitative estimate of drug-likeness (QED) is 0.409. The molecular weight excluding hydrogens is 396 g/mol. The highest BCUT2D eigenvalue weighted by molar-refractivity contribution is 5.86. The molecule has 3 rings (SSSR count). The highest BCUT2D eigenvalue weighted by Crippen LogP contribution is 2.41. The number of hydrogen-bond acceptors (Lipinski definition) is 5. The van der Waals surface area contributed by atoms with Gasteiger partial charge in [0.15, 0.2) is 0 Å². The number of ether oxygens (including phenoxy) is 2. The first kappa shape index (κ1) is 23.5. The van der Waals surface area contributed by atoms with E-state index in [4.69, 9.17) is 9.47 Å². The van der Waals surface area contributed by atoms with Crippen molar-refractivity contribution in [3.63, 3.8) is 0 Å². The summed E-state index contributed by atoms with van der Waals surface area (Å²) in [6, 6.07) is 9.36. The van der Waals surface area contributed by atoms with Crippen molar-refractivity contribution in [2.75, 3.05) is 13.2 Å². The van der Waals surface area contributed by atoms with Gasteiger partial charge in [-0.25, -0.2) is 4.79 Å². The first-order valence-electron chi connectivity index (χ1n) is 11.2. The van der Waals surface area contributed by atoms with Crippen LogP contribution in [-0.4, -0.2) is 52.8 Å². The number of carboxylic acids is 1. The highest BCUT2D eigenvalue weighted by atomic mass is 16.5. The fraction of sp³-hybridized carbons (Fsp3) is 0.560. The molecule has 6 nitrogen and oxygen atoms in total. The molecule has 1 aliphatic carbocycles. The van der Waals surface area contributed by atoms with E-state index >= 15 is 0 Å². The van der Waals surface area contributed by atoms with Crippen molar-refractivity contribution < 1.29 is 29.6 Å². The molecule has 0 amide bonds. The highest BCUT2D eigenvalue weighted by Gasteiger charge is 2.43. The first-order valence-corrected chi connectivity index (χ1v) is 11.2. The molecule has 1 aliphatic heterocycles. The molecule has 170 valence electrons. The van der Waals surface area contributed by atoms with Gasteiger partial charge in [-0.15, -0.1) is 0 Å². The van der Waals surface area contributed by atoms with Gasteiger partial charge >= 0.3 is 5.97 Å². The third kappa shape index (κ3) is 6.66. The maximum absolute atomic E-state index is 11.2. The number of allylic oxidation sites excluding steroid dienone is 1. The molecule has 2 fully saturated rings. The molecule has 0 radical (unpaired) electrons. The Balaban J connectivity index is 1.53. The zero-order valence-electron chi connectivity index (χ0n) is 18.1. The average molecular weight is 431 g/mol. The van der Waals surface area contributed by atoms with Crippen LogP contribution in [0.2, 0.25) is 0 Å². The van der Waals surface area contributed by atoms with Gasteiger partial charge in [-0.05, 0) is 49.7 Å². The van der Waals surface area contributed by atoms with Crippen LogP contribution >= 0.6 is 0 Å². The molecular formula is C25H34O6. The van der Waals surface area contributed by atoms with E-state index in [9.17, 15) is 20.1 Å². The van der Waals surface area contributed by atoms with Crippen LogP contribution in [0.15, 0.2) is 54.1 Å². The van der Waals surface area contributed by atoms with E-state index in [0.29, 0.717) is 37.2 Å². The Bertz CT molecular complexity index is 759. The molecule has 2 aliphatic rings. The Morgan fingerprint density at radius 3 is 2.77 bits per heavy atom. The summed E-state index contributed by atoms with van der Waals surface area (Å²) >= 11 is 0. The lowest BCUT2D eigenvalue weighted by molar-refractivity contribution is -0.132. The number of aliphatic hydroxyl groups is 2. The summed E-state index contributed by atoms with van der Waals surface area (Å²) in [5.74, 6) is 0.293. The van der Waals surface area contributed by atoms with Crippen molar-refractivity contribution in [1.82, 2.24) is 0 Å². The molecule has 0 bridgehead atoms. The van der Waals surface area contributed by atoms with E-state index in [1.54, 1.807) is 6.08 Å². The Labute approximate surface area is 184 Å². The van der Waals surface area contributed by atoms with Crippen LogP contribution in [0.5, 0.6) is 5.75 Å². The lowest BCUT2D eigenvalue weighted by Gasteiger charge is -2.21. The van der Waals surface area contributed by atoms with Gasteiger partial charge in [0, 0.05) is 17.9 Å². The van der Waals surface area contributed by atoms with Crippen molar-refractivity contribution >= 4 is 5.97 Å². The predicted molar refractivity (Wildman–Crippen MR) is 118 cm³/mol. The van der Waals surface area contributed by atoms with Crippen molar-refractivity contribution in [3.05, 3.63) is 54.1 Å². The zero-order valence-corrected chi connectivity index (χ0v) is 18.1. The van der Waals surface area contributed by atoms with Gasteiger partial charge in [-0.2, -0.15) is 0 Å². The smallest absolute Gasteiger partial charge is 0.331 e. The summed E-state index contributed by atoms with van der Waals surface area (Å²) in [6.07, 6.45) is 7.88. The van der Waals surface area contributed by atoms with Crippen LogP contribution in [0.3, 0.4) is 0 Å². The molecule has 0 aromatic heterocycles. The summed E-state index contributed by atoms with van der Waals surface area (Å²) < 4.78 is 11.7. The summed E-state index contributed by atoms with van der Waals surface area (Å²) in [5.41, 5.74) is 0.451. The van der Waals surface area contributed by atoms with Gasteiger partial charge in [0.1, 0.15) is 18.5 Å². The summed E-state index contributed by atoms with van der Waals surface area (Å²) in [6.45, 7) is 2.60. The minimum atomic E-state index is -0.850. The molecule has 1 saturated carbocycles. The number of benzene rings is 1. The van der Waals surface area contributed by atoms with E-state index in [2.05, 4.69) is 0 Å². The molecule has 3 N–H and O–H groups in total. The molecule has 1 saturated heterocycles. The summed E-state index contributed by atoms with van der Waals surface area (Å²) in [7, 11) is 0. The van der Waals surface area contributed by atoms with Gasteiger partial charge in [0.05, 0.1) is 18.8 Å². The number of carbonyl (C=O) groups is 1. The SMILES string of the molecule is CCC(=CC[C@H]1CC[C@@H]2[C@@H](C=C[C@@H](O)COc3ccccc3)[C@H](O)C[C@@H]2OC1)C(=O)O. The third-order valence-corrected chi connectivity index (χ3v) is 6.42. The van der Waals surface area contributed by atoms with Crippen LogP contribution in [0.25, 0.3) is 0 Å². The number of carboxylic acid groups (broad SMARTS) is 1. The normalized spacial score (nSPS) is 30.0. The Kier molecular flexibility index (Phi) is 8.69. The molecule has 0 spiro atoms. The van der Waals surface area contributed by atoms with E-state index in [0.717, 1.165) is 12.8 Å². The number of aliphatic carboxylic acids is 1. The predicted octanol–water partition coefficient (Wildman–Crippen LogP) is 3.59. The average Bonchev–Trinajstić information content (AvgIpc) is 2.93. The summed E-state index contributed by atoms with van der Waals surface area (Å²) in [4.78, 5) is 11.2. The molecule has 1 aromatic rings. The topological polar surface area (TPSA) is 96.2 Å². The van der Waals surface area contributed by atoms with Gasteiger partial charge in [0.2, 0.25) is 0 Å². The van der Waals surface area contributed by atoms with Gasteiger partial charge in [0.25, 0.3) is 0 Å². The lowest BCUT2D eigenvalue weighted by Crippen LogP contribution is -2.22. The molecule has 6 heteroatoms. The molecule has 0 unspecified atom stereocenters. The number of hydrogen-bond donors (Lipinski definition) is 3. The number of para-hydroxylation sites is 1. The van der Waals surface area contributed by atoms with Gasteiger partial charge in [-0.3, -0.25) is 0 Å². The Morgan fingerprint density at radius 1 is 1.29 bits per heavy atom. The van der Waals surface area contributed by atoms with Crippen LogP contribution in [0.1, 0.15) is 39.0 Å². The first-order chi connectivity index (χ1) is 15.0. The monoisotopic (exact) mass is 430 g/mol. The fourth-order valence-electron chi connectivity index (χ4n) is 4.60. The summed E-state index contributed by atoms with van der Waals surface area (Å²) in [5, 5.41) is 30.0. The van der Waals surface area contributed by atoms with Crippen molar-refractivity contribution in [2.45, 2.75) is 57.3 Å². The second-order valence-corrected chi connectivity index (χ2v) is 8.56. The maximum atomic E-state index is 11.2. The largest absolute Gasteiger partial charge is 0.491 e. The standard InChI is InChI=1S/C25H34O6/c1-2-18(25(28)29)10-8-17-9-12-22-21(23(27)14-24(22)31-15-17)13-11-19(26)16-30-20-6-4-3-5-7-20/h3-7,10-11,13,17,19,21-24,26-27H,2,8-9,12,14-16H2,1H3,(H,28,29)/t17-,19+,21+,22+,23+,24-/m0/s1. The molecule has 31 heavy (non-hydrogen) atoms. The number of rotatable bonds is 9. The lowest BCUT2D eigenvalue weighted by atomic mass is 9.86. The van der Waals surface area contributed by atoms with Crippen LogP contribution < -0.4 is 4.74 Å². The van der Waals surface area contributed by atoms with Crippen LogP contribution in [0, 0.1) is 17.8 Å². The van der Waals surface area contributed by atoms with E-state index in [1.165, 1.54) is 0 Å². The second kappa shape index (κ2) is 11.5. The minimum absolute atomic E-state index is 0.00135.